The Hall–Kier alpha value is -3.42. The van der Waals surface area contributed by atoms with Gasteiger partial charge < -0.3 is 10.2 Å². The highest BCUT2D eigenvalue weighted by Crippen LogP contribution is 2.24. The predicted octanol–water partition coefficient (Wildman–Crippen LogP) is 2.89. The lowest BCUT2D eigenvalue weighted by atomic mass is 9.90. The maximum absolute atomic E-state index is 12.5. The van der Waals surface area contributed by atoms with Crippen molar-refractivity contribution < 1.29 is 4.79 Å². The van der Waals surface area contributed by atoms with Crippen molar-refractivity contribution in [1.82, 2.24) is 29.8 Å². The van der Waals surface area contributed by atoms with Crippen molar-refractivity contribution in [2.75, 3.05) is 18.4 Å². The average Bonchev–Trinajstić information content (AvgIpc) is 2.79. The summed E-state index contributed by atoms with van der Waals surface area (Å²) in [7, 11) is 0. The summed E-state index contributed by atoms with van der Waals surface area (Å²) in [5.41, 5.74) is 1.65. The number of likely N-dealkylation sites (tertiary alicyclic amines) is 1. The lowest BCUT2D eigenvalue weighted by molar-refractivity contribution is 0.0680. The third-order valence-electron chi connectivity index (χ3n) is 5.16. The monoisotopic (exact) mass is 389 g/mol. The lowest BCUT2D eigenvalue weighted by Gasteiger charge is -2.31. The van der Waals surface area contributed by atoms with Crippen LogP contribution in [0.25, 0.3) is 0 Å². The third kappa shape index (κ3) is 5.10. The van der Waals surface area contributed by atoms with Crippen LogP contribution in [-0.2, 0) is 6.42 Å². The number of nitrogens with one attached hydrogen (secondary N) is 1. The number of pyridine rings is 1. The van der Waals surface area contributed by atoms with E-state index in [9.17, 15) is 4.79 Å². The molecule has 29 heavy (non-hydrogen) atoms. The first kappa shape index (κ1) is 18.9. The molecule has 1 fully saturated rings. The Balaban J connectivity index is 1.26. The zero-order valence-corrected chi connectivity index (χ0v) is 16.1. The Bertz CT molecular complexity index is 928. The van der Waals surface area contributed by atoms with E-state index in [4.69, 9.17) is 0 Å². The summed E-state index contributed by atoms with van der Waals surface area (Å²) < 4.78 is 0. The molecule has 0 bridgehead atoms. The molecule has 0 unspecified atom stereocenters. The van der Waals surface area contributed by atoms with Crippen LogP contribution >= 0.6 is 0 Å². The van der Waals surface area contributed by atoms with Crippen LogP contribution in [0.15, 0.2) is 55.4 Å². The van der Waals surface area contributed by atoms with Gasteiger partial charge in [0.25, 0.3) is 5.91 Å². The number of anilines is 2. The first-order chi connectivity index (χ1) is 14.3. The second-order valence-electron chi connectivity index (χ2n) is 7.11. The molecule has 3 aromatic rings. The van der Waals surface area contributed by atoms with Gasteiger partial charge in [-0.25, -0.2) is 19.9 Å². The minimum absolute atomic E-state index is 0.0236. The summed E-state index contributed by atoms with van der Waals surface area (Å²) in [5, 5.41) is 3.13. The molecule has 0 aliphatic carbocycles. The van der Waals surface area contributed by atoms with Crippen molar-refractivity contribution in [3.63, 3.8) is 0 Å². The first-order valence-corrected chi connectivity index (χ1v) is 9.82. The fourth-order valence-electron chi connectivity index (χ4n) is 3.54. The molecule has 1 amide bonds. The Labute approximate surface area is 169 Å². The molecule has 1 saturated heterocycles. The van der Waals surface area contributed by atoms with E-state index in [-0.39, 0.29) is 5.91 Å². The quantitative estimate of drug-likeness (QED) is 0.692. The number of hydrogen-bond donors (Lipinski definition) is 1. The molecule has 0 atom stereocenters. The highest BCUT2D eigenvalue weighted by molar-refractivity contribution is 5.92. The van der Waals surface area contributed by atoms with Crippen molar-refractivity contribution in [3.8, 4) is 0 Å². The molecule has 0 spiro atoms. The van der Waals surface area contributed by atoms with Crippen LogP contribution in [0.5, 0.6) is 0 Å². The van der Waals surface area contributed by atoms with Crippen molar-refractivity contribution in [2.24, 2.45) is 5.92 Å². The number of piperidine rings is 1. The zero-order chi connectivity index (χ0) is 19.9. The van der Waals surface area contributed by atoms with Crippen molar-refractivity contribution in [3.05, 3.63) is 66.6 Å². The van der Waals surface area contributed by atoms with Gasteiger partial charge in [-0.3, -0.25) is 9.78 Å². The molecule has 4 rings (SSSR count). The largest absolute Gasteiger partial charge is 0.337 e. The van der Waals surface area contributed by atoms with E-state index in [1.165, 1.54) is 11.8 Å². The Morgan fingerprint density at radius 2 is 1.86 bits per heavy atom. The van der Waals surface area contributed by atoms with Gasteiger partial charge in [-0.2, -0.15) is 0 Å². The fourth-order valence-corrected chi connectivity index (χ4v) is 3.54. The topological polar surface area (TPSA) is 96.8 Å². The molecule has 8 nitrogen and oxygen atoms in total. The summed E-state index contributed by atoms with van der Waals surface area (Å²) in [5.74, 6) is 1.88. The number of aryl methyl sites for hydroxylation is 1. The third-order valence-corrected chi connectivity index (χ3v) is 5.16. The van der Waals surface area contributed by atoms with Gasteiger partial charge in [0.1, 0.15) is 11.5 Å². The molecule has 1 N–H and O–H groups in total. The van der Waals surface area contributed by atoms with Crippen molar-refractivity contribution in [1.29, 1.82) is 0 Å². The van der Waals surface area contributed by atoms with Gasteiger partial charge in [-0.1, -0.05) is 0 Å². The van der Waals surface area contributed by atoms with Gasteiger partial charge in [0.05, 0.1) is 6.20 Å². The molecule has 3 aromatic heterocycles. The Morgan fingerprint density at radius 1 is 1.03 bits per heavy atom. The summed E-state index contributed by atoms with van der Waals surface area (Å²) in [6.07, 6.45) is 14.0. The number of carbonyl (C=O) groups is 1. The molecule has 0 saturated carbocycles. The van der Waals surface area contributed by atoms with Gasteiger partial charge in [-0.15, -0.1) is 0 Å². The maximum Gasteiger partial charge on any atom is 0.274 e. The van der Waals surface area contributed by atoms with Crippen molar-refractivity contribution in [2.45, 2.75) is 25.7 Å². The molecule has 8 heteroatoms. The summed E-state index contributed by atoms with van der Waals surface area (Å²) in [6, 6.07) is 5.87. The Kier molecular flexibility index (Phi) is 5.99. The first-order valence-electron chi connectivity index (χ1n) is 9.82. The van der Waals surface area contributed by atoms with E-state index < -0.39 is 0 Å². The SMILES string of the molecule is O=C(c1cnccn1)N1CCC(CCc2ccnc(Nc3ncccn3)c2)CC1. The van der Waals surface area contributed by atoms with E-state index in [0.717, 1.165) is 44.6 Å². The standard InChI is InChI=1S/C21H23N7O/c29-20(18-15-22-10-11-23-18)28-12-5-16(6-13-28)2-3-17-4-9-24-19(14-17)27-21-25-7-1-8-26-21/h1,4,7-11,14-16H,2-3,5-6,12-13H2,(H,24,25,26,27). The molecule has 1 aliphatic rings. The van der Waals surface area contributed by atoms with Gasteiger partial charge in [0, 0.05) is 44.1 Å². The molecule has 148 valence electrons. The predicted molar refractivity (Wildman–Crippen MR) is 109 cm³/mol. The lowest BCUT2D eigenvalue weighted by Crippen LogP contribution is -2.39. The van der Waals surface area contributed by atoms with E-state index in [1.807, 2.05) is 23.2 Å². The maximum atomic E-state index is 12.5. The van der Waals surface area contributed by atoms with Crippen LogP contribution in [0.3, 0.4) is 0 Å². The number of carbonyl (C=O) groups excluding carboxylic acids is 1. The van der Waals surface area contributed by atoms with Gasteiger partial charge in [0.2, 0.25) is 5.95 Å². The summed E-state index contributed by atoms with van der Waals surface area (Å²) in [4.78, 5) is 35.1. The van der Waals surface area contributed by atoms with E-state index >= 15 is 0 Å². The van der Waals surface area contributed by atoms with Crippen LogP contribution in [0.4, 0.5) is 11.8 Å². The minimum atomic E-state index is -0.0236. The van der Waals surface area contributed by atoms with E-state index in [1.54, 1.807) is 30.9 Å². The average molecular weight is 389 g/mol. The van der Waals surface area contributed by atoms with Crippen LogP contribution in [0.1, 0.15) is 35.3 Å². The fraction of sp³-hybridized carbons (Fsp3) is 0.333. The molecular formula is C21H23N7O. The van der Waals surface area contributed by atoms with Gasteiger partial charge in [0.15, 0.2) is 0 Å². The number of rotatable bonds is 6. The second-order valence-corrected chi connectivity index (χ2v) is 7.11. The second kappa shape index (κ2) is 9.18. The summed E-state index contributed by atoms with van der Waals surface area (Å²) >= 11 is 0. The molecule has 0 aromatic carbocycles. The molecule has 1 aliphatic heterocycles. The number of nitrogens with zero attached hydrogens (tertiary/aromatic N) is 6. The van der Waals surface area contributed by atoms with Crippen LogP contribution < -0.4 is 5.32 Å². The van der Waals surface area contributed by atoms with Crippen molar-refractivity contribution >= 4 is 17.7 Å². The number of amides is 1. The van der Waals surface area contributed by atoms with Crippen LogP contribution in [0.2, 0.25) is 0 Å². The van der Waals surface area contributed by atoms with Gasteiger partial charge >= 0.3 is 0 Å². The zero-order valence-electron chi connectivity index (χ0n) is 16.1. The van der Waals surface area contributed by atoms with E-state index in [2.05, 4.69) is 30.2 Å². The van der Waals surface area contributed by atoms with Crippen LogP contribution in [-0.4, -0.2) is 48.8 Å². The van der Waals surface area contributed by atoms with Gasteiger partial charge in [-0.05, 0) is 55.4 Å². The highest BCUT2D eigenvalue weighted by Gasteiger charge is 2.24. The number of hydrogen-bond acceptors (Lipinski definition) is 7. The molecule has 0 radical (unpaired) electrons. The minimum Gasteiger partial charge on any atom is -0.337 e. The smallest absolute Gasteiger partial charge is 0.274 e. The summed E-state index contributed by atoms with van der Waals surface area (Å²) in [6.45, 7) is 1.54. The highest BCUT2D eigenvalue weighted by atomic mass is 16.2. The molecular weight excluding hydrogens is 366 g/mol. The molecule has 4 heterocycles. The van der Waals surface area contributed by atoms with Crippen LogP contribution in [0, 0.1) is 5.92 Å². The van der Waals surface area contributed by atoms with E-state index in [0.29, 0.717) is 17.6 Å². The Morgan fingerprint density at radius 3 is 2.62 bits per heavy atom. The number of aromatic nitrogens is 5. The normalized spacial score (nSPS) is 14.6.